The molecule has 0 saturated heterocycles. The molecule has 0 aliphatic heterocycles. The number of benzene rings is 1. The third kappa shape index (κ3) is 2.34. The molecule has 0 amide bonds. The minimum atomic E-state index is -0.00444. The highest BCUT2D eigenvalue weighted by molar-refractivity contribution is 9.10. The molecule has 74 valence electrons. The normalized spacial score (nSPS) is 12.6. The van der Waals surface area contributed by atoms with Gasteiger partial charge in [-0.1, -0.05) is 19.9 Å². The summed E-state index contributed by atoms with van der Waals surface area (Å²) in [6.45, 7) is 4.14. The van der Waals surface area contributed by atoms with Gasteiger partial charge in [0.2, 0.25) is 0 Å². The zero-order chi connectivity index (χ0) is 10.7. The molecule has 1 rings (SSSR count). The summed E-state index contributed by atoms with van der Waals surface area (Å²) in [5.41, 5.74) is 7.64. The number of nitrogens with two attached hydrogens (primary N) is 1. The maximum absolute atomic E-state index is 8.84. The van der Waals surface area contributed by atoms with Crippen LogP contribution in [0, 0.1) is 17.2 Å². The Balaban J connectivity index is 3.08. The summed E-state index contributed by atoms with van der Waals surface area (Å²) in [5, 5.41) is 8.84. The van der Waals surface area contributed by atoms with Gasteiger partial charge in [-0.05, 0) is 39.5 Å². The van der Waals surface area contributed by atoms with E-state index in [0.717, 1.165) is 10.0 Å². The van der Waals surface area contributed by atoms with Crippen molar-refractivity contribution in [3.63, 3.8) is 0 Å². The van der Waals surface area contributed by atoms with Gasteiger partial charge in [-0.2, -0.15) is 5.26 Å². The van der Waals surface area contributed by atoms with Crippen LogP contribution in [0.5, 0.6) is 0 Å². The van der Waals surface area contributed by atoms with E-state index in [-0.39, 0.29) is 6.04 Å². The highest BCUT2D eigenvalue weighted by Crippen LogP contribution is 2.23. The second kappa shape index (κ2) is 4.59. The van der Waals surface area contributed by atoms with E-state index in [1.807, 2.05) is 18.2 Å². The highest BCUT2D eigenvalue weighted by Gasteiger charge is 2.11. The van der Waals surface area contributed by atoms with Crippen LogP contribution in [0.15, 0.2) is 22.7 Å². The van der Waals surface area contributed by atoms with Crippen molar-refractivity contribution < 1.29 is 0 Å². The lowest BCUT2D eigenvalue weighted by Gasteiger charge is -2.16. The van der Waals surface area contributed by atoms with Gasteiger partial charge in [-0.3, -0.25) is 0 Å². The number of nitrogens with zero attached hydrogens (tertiary/aromatic N) is 1. The molecule has 1 atom stereocenters. The zero-order valence-electron chi connectivity index (χ0n) is 8.29. The number of halogens is 1. The maximum Gasteiger partial charge on any atom is 0.100 e. The van der Waals surface area contributed by atoms with Gasteiger partial charge in [0.1, 0.15) is 6.07 Å². The van der Waals surface area contributed by atoms with Crippen LogP contribution in [0.4, 0.5) is 0 Å². The number of rotatable bonds is 2. The first-order valence-corrected chi connectivity index (χ1v) is 5.30. The summed E-state index contributed by atoms with van der Waals surface area (Å²) >= 11 is 3.31. The average Bonchev–Trinajstić information content (AvgIpc) is 2.17. The quantitative estimate of drug-likeness (QED) is 0.880. The lowest BCUT2D eigenvalue weighted by molar-refractivity contribution is 0.514. The van der Waals surface area contributed by atoms with Crippen molar-refractivity contribution >= 4 is 15.9 Å². The molecule has 0 spiro atoms. The Labute approximate surface area is 92.9 Å². The van der Waals surface area contributed by atoms with Crippen LogP contribution in [0.1, 0.15) is 31.0 Å². The van der Waals surface area contributed by atoms with Gasteiger partial charge < -0.3 is 5.73 Å². The molecular weight excluding hydrogens is 240 g/mol. The highest BCUT2D eigenvalue weighted by atomic mass is 79.9. The van der Waals surface area contributed by atoms with E-state index in [1.54, 1.807) is 0 Å². The summed E-state index contributed by atoms with van der Waals surface area (Å²) in [6.07, 6.45) is 0. The predicted octanol–water partition coefficient (Wildman–Crippen LogP) is 2.98. The third-order valence-corrected chi connectivity index (χ3v) is 2.91. The third-order valence-electron chi connectivity index (χ3n) is 2.21. The van der Waals surface area contributed by atoms with Crippen LogP contribution in [0.2, 0.25) is 0 Å². The summed E-state index contributed by atoms with van der Waals surface area (Å²) in [6, 6.07) is 7.79. The van der Waals surface area contributed by atoms with E-state index in [0.29, 0.717) is 11.5 Å². The fourth-order valence-electron chi connectivity index (χ4n) is 1.22. The summed E-state index contributed by atoms with van der Waals surface area (Å²) in [4.78, 5) is 0. The SMILES string of the molecule is CC(C)[C@@H](N)c1ccc(Br)c(C#N)c1. The Hall–Kier alpha value is -0.850. The van der Waals surface area contributed by atoms with Gasteiger partial charge >= 0.3 is 0 Å². The Morgan fingerprint density at radius 3 is 2.57 bits per heavy atom. The van der Waals surface area contributed by atoms with Gasteiger partial charge in [0, 0.05) is 10.5 Å². The first-order valence-electron chi connectivity index (χ1n) is 4.51. The molecule has 0 aliphatic carbocycles. The Morgan fingerprint density at radius 2 is 2.07 bits per heavy atom. The fourth-order valence-corrected chi connectivity index (χ4v) is 1.56. The van der Waals surface area contributed by atoms with Crippen molar-refractivity contribution in [2.45, 2.75) is 19.9 Å². The first-order chi connectivity index (χ1) is 6.56. The van der Waals surface area contributed by atoms with Gasteiger partial charge in [0.15, 0.2) is 0 Å². The smallest absolute Gasteiger partial charge is 0.100 e. The van der Waals surface area contributed by atoms with E-state index in [2.05, 4.69) is 35.8 Å². The van der Waals surface area contributed by atoms with Gasteiger partial charge in [0.05, 0.1) is 5.56 Å². The van der Waals surface area contributed by atoms with Gasteiger partial charge in [-0.15, -0.1) is 0 Å². The molecule has 1 aromatic rings. The van der Waals surface area contributed by atoms with E-state index in [9.17, 15) is 0 Å². The van der Waals surface area contributed by atoms with Crippen molar-refractivity contribution in [1.82, 2.24) is 0 Å². The molecule has 14 heavy (non-hydrogen) atoms. The minimum absolute atomic E-state index is 0.00444. The zero-order valence-corrected chi connectivity index (χ0v) is 9.88. The molecule has 2 nitrogen and oxygen atoms in total. The molecule has 0 aromatic heterocycles. The van der Waals surface area contributed by atoms with Crippen molar-refractivity contribution in [2.24, 2.45) is 11.7 Å². The molecule has 1 aromatic carbocycles. The van der Waals surface area contributed by atoms with Crippen molar-refractivity contribution in [2.75, 3.05) is 0 Å². The molecule has 3 heteroatoms. The van der Waals surface area contributed by atoms with Crippen LogP contribution in [-0.2, 0) is 0 Å². The lowest BCUT2D eigenvalue weighted by Crippen LogP contribution is -2.16. The molecule has 0 saturated carbocycles. The Morgan fingerprint density at radius 1 is 1.43 bits per heavy atom. The topological polar surface area (TPSA) is 49.8 Å². The van der Waals surface area contributed by atoms with E-state index in [4.69, 9.17) is 11.0 Å². The molecule has 0 unspecified atom stereocenters. The summed E-state index contributed by atoms with van der Waals surface area (Å²) < 4.78 is 0.819. The molecule has 0 bridgehead atoms. The maximum atomic E-state index is 8.84. The van der Waals surface area contributed by atoms with Crippen molar-refractivity contribution in [3.05, 3.63) is 33.8 Å². The van der Waals surface area contributed by atoms with Gasteiger partial charge in [0.25, 0.3) is 0 Å². The summed E-state index contributed by atoms with van der Waals surface area (Å²) in [7, 11) is 0. The van der Waals surface area contributed by atoms with Crippen LogP contribution in [0.25, 0.3) is 0 Å². The molecule has 0 fully saturated rings. The number of nitriles is 1. The van der Waals surface area contributed by atoms with Crippen LogP contribution in [-0.4, -0.2) is 0 Å². The summed E-state index contributed by atoms with van der Waals surface area (Å²) in [5.74, 6) is 0.378. The monoisotopic (exact) mass is 252 g/mol. The molecule has 2 N–H and O–H groups in total. The first kappa shape index (κ1) is 11.2. The van der Waals surface area contributed by atoms with E-state index in [1.165, 1.54) is 0 Å². The van der Waals surface area contributed by atoms with Crippen LogP contribution < -0.4 is 5.73 Å². The van der Waals surface area contributed by atoms with E-state index >= 15 is 0 Å². The Kier molecular flexibility index (Phi) is 3.68. The average molecular weight is 253 g/mol. The molecule has 0 radical (unpaired) electrons. The molecule has 0 aliphatic rings. The largest absolute Gasteiger partial charge is 0.324 e. The second-order valence-corrected chi connectivity index (χ2v) is 4.48. The molecule has 0 heterocycles. The minimum Gasteiger partial charge on any atom is -0.324 e. The number of hydrogen-bond donors (Lipinski definition) is 1. The van der Waals surface area contributed by atoms with Gasteiger partial charge in [-0.25, -0.2) is 0 Å². The van der Waals surface area contributed by atoms with Crippen LogP contribution >= 0.6 is 15.9 Å². The second-order valence-electron chi connectivity index (χ2n) is 3.62. The van der Waals surface area contributed by atoms with E-state index < -0.39 is 0 Å². The fraction of sp³-hybridized carbons (Fsp3) is 0.364. The standard InChI is InChI=1S/C11H13BrN2/c1-7(2)11(14)8-3-4-10(12)9(5-8)6-13/h3-5,7,11H,14H2,1-2H3/t11-/m1/s1. The number of hydrogen-bond acceptors (Lipinski definition) is 2. The predicted molar refractivity (Wildman–Crippen MR) is 60.6 cm³/mol. The molecular formula is C11H13BrN2. The lowest BCUT2D eigenvalue weighted by atomic mass is 9.96. The van der Waals surface area contributed by atoms with Crippen LogP contribution in [0.3, 0.4) is 0 Å². The van der Waals surface area contributed by atoms with Crippen molar-refractivity contribution in [1.29, 1.82) is 5.26 Å². The Bertz CT molecular complexity index is 366. The van der Waals surface area contributed by atoms with Crippen molar-refractivity contribution in [3.8, 4) is 6.07 Å².